The first-order valence-corrected chi connectivity index (χ1v) is 23.1. The van der Waals surface area contributed by atoms with Crippen molar-refractivity contribution in [3.63, 3.8) is 0 Å². The van der Waals surface area contributed by atoms with Crippen LogP contribution in [0.1, 0.15) is 5.56 Å². The predicted octanol–water partition coefficient (Wildman–Crippen LogP) is 18.3. The highest BCUT2D eigenvalue weighted by atomic mass is 15.1. The molecule has 0 radical (unpaired) electrons. The SMILES string of the molecule is Cc1ccccc1-c1ccc(-c2ccc(N(c3ccccc3)c3ccc(-c4ccc(-c5ccccc5)cc4)cc3)cc2)cc1-c1cccc2c1[nH]c1cc(-c3cccc4ccccc34)ccc12. The van der Waals surface area contributed by atoms with Crippen LogP contribution in [0.15, 0.2) is 255 Å². The van der Waals surface area contributed by atoms with Crippen LogP contribution in [0.4, 0.5) is 17.1 Å². The van der Waals surface area contributed by atoms with Gasteiger partial charge in [0.05, 0.1) is 5.52 Å². The van der Waals surface area contributed by atoms with Gasteiger partial charge in [0.2, 0.25) is 0 Å². The lowest BCUT2D eigenvalue weighted by atomic mass is 9.88. The van der Waals surface area contributed by atoms with Crippen molar-refractivity contribution in [1.82, 2.24) is 4.98 Å². The summed E-state index contributed by atoms with van der Waals surface area (Å²) in [7, 11) is 0. The van der Waals surface area contributed by atoms with E-state index < -0.39 is 0 Å². The van der Waals surface area contributed by atoms with Crippen LogP contribution in [0, 0.1) is 6.92 Å². The molecule has 0 saturated heterocycles. The second-order valence-electron chi connectivity index (χ2n) is 17.4. The molecule has 0 unspecified atom stereocenters. The van der Waals surface area contributed by atoms with Crippen LogP contribution in [-0.2, 0) is 0 Å². The summed E-state index contributed by atoms with van der Waals surface area (Å²) in [6, 6.07) is 92.5. The molecule has 0 aliphatic heterocycles. The minimum absolute atomic E-state index is 1.09. The molecule has 12 rings (SSSR count). The fourth-order valence-corrected chi connectivity index (χ4v) is 9.97. The topological polar surface area (TPSA) is 19.0 Å². The van der Waals surface area contributed by atoms with Crippen molar-refractivity contribution in [3.05, 3.63) is 260 Å². The molecule has 0 aliphatic carbocycles. The molecule has 1 N–H and O–H groups in total. The first kappa shape index (κ1) is 39.8. The van der Waals surface area contributed by atoms with Crippen LogP contribution in [-0.4, -0.2) is 4.98 Å². The smallest absolute Gasteiger partial charge is 0.0544 e. The van der Waals surface area contributed by atoms with E-state index in [9.17, 15) is 0 Å². The minimum Gasteiger partial charge on any atom is -0.354 e. The maximum atomic E-state index is 3.92. The van der Waals surface area contributed by atoms with Crippen LogP contribution >= 0.6 is 0 Å². The number of aryl methyl sites for hydroxylation is 1. The van der Waals surface area contributed by atoms with Crippen molar-refractivity contribution in [2.45, 2.75) is 6.92 Å². The zero-order chi connectivity index (χ0) is 44.7. The summed E-state index contributed by atoms with van der Waals surface area (Å²) in [6.07, 6.45) is 0. The van der Waals surface area contributed by atoms with Crippen molar-refractivity contribution in [1.29, 1.82) is 0 Å². The number of fused-ring (bicyclic) bond motifs is 4. The van der Waals surface area contributed by atoms with Crippen LogP contribution in [0.5, 0.6) is 0 Å². The molecule has 0 amide bonds. The molecule has 0 atom stereocenters. The Bertz CT molecular complexity index is 3710. The maximum Gasteiger partial charge on any atom is 0.0544 e. The molecule has 0 bridgehead atoms. The van der Waals surface area contributed by atoms with Gasteiger partial charge in [0.15, 0.2) is 0 Å². The Morgan fingerprint density at radius 1 is 0.284 bits per heavy atom. The third-order valence-electron chi connectivity index (χ3n) is 13.4. The predicted molar refractivity (Wildman–Crippen MR) is 285 cm³/mol. The minimum atomic E-state index is 1.09. The fourth-order valence-electron chi connectivity index (χ4n) is 9.97. The van der Waals surface area contributed by atoms with Crippen LogP contribution < -0.4 is 4.90 Å². The lowest BCUT2D eigenvalue weighted by Crippen LogP contribution is -2.09. The molecule has 12 aromatic rings. The van der Waals surface area contributed by atoms with E-state index in [1.54, 1.807) is 0 Å². The summed E-state index contributed by atoms with van der Waals surface area (Å²) >= 11 is 0. The van der Waals surface area contributed by atoms with Gasteiger partial charge in [-0.2, -0.15) is 0 Å². The Morgan fingerprint density at radius 3 is 1.49 bits per heavy atom. The monoisotopic (exact) mass is 854 g/mol. The van der Waals surface area contributed by atoms with E-state index in [-0.39, 0.29) is 0 Å². The number of rotatable bonds is 9. The summed E-state index contributed by atoms with van der Waals surface area (Å²) in [5.74, 6) is 0. The van der Waals surface area contributed by atoms with Crippen molar-refractivity contribution < 1.29 is 0 Å². The van der Waals surface area contributed by atoms with Crippen LogP contribution in [0.3, 0.4) is 0 Å². The van der Waals surface area contributed by atoms with Crippen LogP contribution in [0.2, 0.25) is 0 Å². The van der Waals surface area contributed by atoms with Gasteiger partial charge in [0, 0.05) is 38.9 Å². The molecule has 0 fully saturated rings. The van der Waals surface area contributed by atoms with E-state index in [1.165, 1.54) is 88.3 Å². The van der Waals surface area contributed by atoms with Crippen LogP contribution in [0.25, 0.3) is 99.3 Å². The van der Waals surface area contributed by atoms with Gasteiger partial charge in [-0.05, 0) is 133 Å². The highest BCUT2D eigenvalue weighted by Crippen LogP contribution is 2.43. The van der Waals surface area contributed by atoms with Gasteiger partial charge in [0.1, 0.15) is 0 Å². The molecular formula is C65H46N2. The first-order valence-electron chi connectivity index (χ1n) is 23.1. The van der Waals surface area contributed by atoms with Gasteiger partial charge in [-0.1, -0.05) is 206 Å². The number of para-hydroxylation sites is 2. The number of anilines is 3. The number of nitrogens with zero attached hydrogens (tertiary/aromatic N) is 1. The molecule has 0 saturated carbocycles. The van der Waals surface area contributed by atoms with Crippen molar-refractivity contribution in [2.75, 3.05) is 4.90 Å². The summed E-state index contributed by atoms with van der Waals surface area (Å²) < 4.78 is 0. The van der Waals surface area contributed by atoms with E-state index in [0.29, 0.717) is 0 Å². The number of hydrogen-bond donors (Lipinski definition) is 1. The van der Waals surface area contributed by atoms with Gasteiger partial charge in [-0.15, -0.1) is 0 Å². The highest BCUT2D eigenvalue weighted by molar-refractivity contribution is 6.14. The summed E-state index contributed by atoms with van der Waals surface area (Å²) in [6.45, 7) is 2.21. The molecule has 1 aromatic heterocycles. The summed E-state index contributed by atoms with van der Waals surface area (Å²) in [5, 5.41) is 4.95. The van der Waals surface area contributed by atoms with Gasteiger partial charge in [0.25, 0.3) is 0 Å². The second-order valence-corrected chi connectivity index (χ2v) is 17.4. The fraction of sp³-hybridized carbons (Fsp3) is 0.0154. The van der Waals surface area contributed by atoms with E-state index in [2.05, 4.69) is 272 Å². The maximum absolute atomic E-state index is 3.92. The quantitative estimate of drug-likeness (QED) is 0.153. The molecule has 2 nitrogen and oxygen atoms in total. The summed E-state index contributed by atoms with van der Waals surface area (Å²) in [4.78, 5) is 6.26. The van der Waals surface area contributed by atoms with Gasteiger partial charge in [-0.25, -0.2) is 0 Å². The number of H-pyrrole nitrogens is 1. The third-order valence-corrected chi connectivity index (χ3v) is 13.4. The normalized spacial score (nSPS) is 11.4. The lowest BCUT2D eigenvalue weighted by molar-refractivity contribution is 1.28. The van der Waals surface area contributed by atoms with Gasteiger partial charge in [-0.3, -0.25) is 0 Å². The molecule has 67 heavy (non-hydrogen) atoms. The zero-order valence-electron chi connectivity index (χ0n) is 37.2. The standard InChI is InChI=1S/C65H46N2/c1-44-14-8-10-21-56(44)59-40-34-51(42-63(59)62-25-13-24-61-60-41-35-52(43-64(60)66-65(61)62)58-23-12-18-50-17-9-11-22-57(50)58)49-32-38-55(39-33-49)67(53-19-6-3-7-20-53)54-36-30-48(31-37-54)47-28-26-46(27-29-47)45-15-4-2-5-16-45/h2-43,66H,1H3. The Balaban J connectivity index is 0.914. The lowest BCUT2D eigenvalue weighted by Gasteiger charge is -2.26. The van der Waals surface area contributed by atoms with E-state index >= 15 is 0 Å². The largest absolute Gasteiger partial charge is 0.354 e. The third kappa shape index (κ3) is 7.45. The van der Waals surface area contributed by atoms with Crippen molar-refractivity contribution >= 4 is 49.6 Å². The number of aromatic amines is 1. The molecule has 0 spiro atoms. The Labute approximate surface area is 391 Å². The highest BCUT2D eigenvalue weighted by Gasteiger charge is 2.18. The van der Waals surface area contributed by atoms with Crippen molar-refractivity contribution in [3.8, 4) is 66.8 Å². The van der Waals surface area contributed by atoms with E-state index in [1.807, 2.05) is 0 Å². The summed E-state index contributed by atoms with van der Waals surface area (Å²) in [5.41, 5.74) is 21.3. The Kier molecular flexibility index (Phi) is 10.1. The molecular weight excluding hydrogens is 809 g/mol. The number of benzene rings is 11. The number of nitrogens with one attached hydrogen (secondary N) is 1. The average Bonchev–Trinajstić information content (AvgIpc) is 3.78. The molecule has 1 heterocycles. The van der Waals surface area contributed by atoms with E-state index in [4.69, 9.17) is 0 Å². The molecule has 316 valence electrons. The number of hydrogen-bond acceptors (Lipinski definition) is 1. The zero-order valence-corrected chi connectivity index (χ0v) is 37.2. The average molecular weight is 855 g/mol. The molecule has 2 heteroatoms. The number of aromatic nitrogens is 1. The Hall–Kier alpha value is -8.72. The van der Waals surface area contributed by atoms with Gasteiger partial charge < -0.3 is 9.88 Å². The molecule has 11 aromatic carbocycles. The Morgan fingerprint density at radius 2 is 0.776 bits per heavy atom. The van der Waals surface area contributed by atoms with Crippen molar-refractivity contribution in [2.24, 2.45) is 0 Å². The molecule has 0 aliphatic rings. The second kappa shape index (κ2) is 17.0. The van der Waals surface area contributed by atoms with Gasteiger partial charge >= 0.3 is 0 Å². The van der Waals surface area contributed by atoms with E-state index in [0.717, 1.165) is 33.7 Å². The first-order chi connectivity index (χ1) is 33.1.